The number of nitrogens with one attached hydrogen (secondary N) is 1. The zero-order valence-electron chi connectivity index (χ0n) is 13.9. The summed E-state index contributed by atoms with van der Waals surface area (Å²) in [7, 11) is -1.33. The maximum Gasteiger partial charge on any atom is 0.257 e. The molecule has 0 radical (unpaired) electrons. The summed E-state index contributed by atoms with van der Waals surface area (Å²) in [5.41, 5.74) is 0.129. The molecule has 0 aliphatic carbocycles. The third-order valence-corrected chi connectivity index (χ3v) is 6.10. The number of carbonyl (C=O) groups excluding carboxylic acids is 1. The van der Waals surface area contributed by atoms with Gasteiger partial charge in [0.05, 0.1) is 29.0 Å². The molecule has 2 heterocycles. The van der Waals surface area contributed by atoms with Gasteiger partial charge >= 0.3 is 0 Å². The van der Waals surface area contributed by atoms with Crippen LogP contribution in [0, 0.1) is 11.6 Å². The summed E-state index contributed by atoms with van der Waals surface area (Å²) in [6.07, 6.45) is 3.28. The van der Waals surface area contributed by atoms with Crippen LogP contribution in [0.15, 0.2) is 36.7 Å². The molecule has 0 spiro atoms. The van der Waals surface area contributed by atoms with Crippen molar-refractivity contribution in [3.63, 3.8) is 0 Å². The number of anilines is 2. The van der Waals surface area contributed by atoms with Crippen LogP contribution in [0.1, 0.15) is 16.8 Å². The Labute approximate surface area is 149 Å². The largest absolute Gasteiger partial charge is 0.369 e. The number of hydrogen-bond donors (Lipinski definition) is 1. The molecule has 6 nitrogen and oxygen atoms in total. The van der Waals surface area contributed by atoms with Gasteiger partial charge in [-0.25, -0.2) is 17.2 Å². The van der Waals surface area contributed by atoms with Gasteiger partial charge < -0.3 is 10.2 Å². The highest BCUT2D eigenvalue weighted by atomic mass is 32.2. The van der Waals surface area contributed by atoms with E-state index in [-0.39, 0.29) is 23.1 Å². The Hall–Kier alpha value is -2.55. The minimum absolute atomic E-state index is 0.0420. The fourth-order valence-corrected chi connectivity index (χ4v) is 4.61. The van der Waals surface area contributed by atoms with Crippen molar-refractivity contribution < 1.29 is 22.0 Å². The normalized spacial score (nSPS) is 18.5. The summed E-state index contributed by atoms with van der Waals surface area (Å²) in [6, 6.07) is 4.59. The fraction of sp³-hybridized carbons (Fsp3) is 0.294. The molecule has 1 unspecified atom stereocenters. The smallest absolute Gasteiger partial charge is 0.257 e. The lowest BCUT2D eigenvalue weighted by Crippen LogP contribution is -2.32. The standard InChI is InChI=1S/C17H17F2N3O3S/c1-22(12-5-6-26(24,25)10-12)13-7-11(8-20-9-13)17(23)21-16-14(18)3-2-4-15(16)19/h2-4,7-9,12H,5-6,10H2,1H3,(H,21,23). The van der Waals surface area contributed by atoms with Crippen molar-refractivity contribution in [1.29, 1.82) is 0 Å². The summed E-state index contributed by atoms with van der Waals surface area (Å²) < 4.78 is 50.6. The number of halogens is 2. The lowest BCUT2D eigenvalue weighted by Gasteiger charge is -2.25. The Balaban J connectivity index is 1.80. The predicted octanol–water partition coefficient (Wildman–Crippen LogP) is 2.24. The molecular weight excluding hydrogens is 364 g/mol. The van der Waals surface area contributed by atoms with Gasteiger partial charge in [-0.1, -0.05) is 6.07 Å². The second-order valence-electron chi connectivity index (χ2n) is 6.15. The minimum atomic E-state index is -3.05. The topological polar surface area (TPSA) is 79.4 Å². The third kappa shape index (κ3) is 3.82. The Morgan fingerprint density at radius 3 is 2.58 bits per heavy atom. The van der Waals surface area contributed by atoms with E-state index in [0.717, 1.165) is 12.1 Å². The summed E-state index contributed by atoms with van der Waals surface area (Å²) in [5, 5.41) is 2.20. The van der Waals surface area contributed by atoms with Crippen LogP contribution in [0.4, 0.5) is 20.2 Å². The van der Waals surface area contributed by atoms with E-state index in [4.69, 9.17) is 0 Å². The van der Waals surface area contributed by atoms with E-state index in [9.17, 15) is 22.0 Å². The van der Waals surface area contributed by atoms with Gasteiger partial charge in [0.25, 0.3) is 5.91 Å². The van der Waals surface area contributed by atoms with E-state index in [0.29, 0.717) is 12.1 Å². The van der Waals surface area contributed by atoms with Crippen molar-refractivity contribution in [3.8, 4) is 0 Å². The molecule has 0 bridgehead atoms. The van der Waals surface area contributed by atoms with Crippen molar-refractivity contribution in [3.05, 3.63) is 53.9 Å². The predicted molar refractivity (Wildman–Crippen MR) is 94.0 cm³/mol. The van der Waals surface area contributed by atoms with Crippen LogP contribution in [-0.2, 0) is 9.84 Å². The molecule has 1 aromatic heterocycles. The highest BCUT2D eigenvalue weighted by Crippen LogP contribution is 2.24. The zero-order valence-corrected chi connectivity index (χ0v) is 14.8. The van der Waals surface area contributed by atoms with Crippen LogP contribution in [0.5, 0.6) is 0 Å². The first-order chi connectivity index (χ1) is 12.3. The van der Waals surface area contributed by atoms with Gasteiger partial charge in [0.2, 0.25) is 0 Å². The number of aromatic nitrogens is 1. The molecule has 1 atom stereocenters. The van der Waals surface area contributed by atoms with Crippen LogP contribution in [0.25, 0.3) is 0 Å². The molecule has 1 N–H and O–H groups in total. The lowest BCUT2D eigenvalue weighted by atomic mass is 10.2. The summed E-state index contributed by atoms with van der Waals surface area (Å²) in [4.78, 5) is 18.0. The molecule has 1 aliphatic heterocycles. The number of hydrogen-bond acceptors (Lipinski definition) is 5. The second-order valence-corrected chi connectivity index (χ2v) is 8.38. The van der Waals surface area contributed by atoms with Gasteiger partial charge in [0.1, 0.15) is 17.3 Å². The molecule has 1 aliphatic rings. The van der Waals surface area contributed by atoms with Crippen molar-refractivity contribution in [1.82, 2.24) is 4.98 Å². The number of pyridine rings is 1. The van der Waals surface area contributed by atoms with Crippen molar-refractivity contribution in [2.24, 2.45) is 0 Å². The first-order valence-electron chi connectivity index (χ1n) is 7.90. The van der Waals surface area contributed by atoms with E-state index in [1.54, 1.807) is 11.9 Å². The minimum Gasteiger partial charge on any atom is -0.369 e. The number of para-hydroxylation sites is 1. The highest BCUT2D eigenvalue weighted by molar-refractivity contribution is 7.91. The maximum atomic E-state index is 13.7. The van der Waals surface area contributed by atoms with Gasteiger partial charge in [-0.15, -0.1) is 0 Å². The Kier molecular flexibility index (Phi) is 4.90. The lowest BCUT2D eigenvalue weighted by molar-refractivity contribution is 0.102. The van der Waals surface area contributed by atoms with Crippen LogP contribution >= 0.6 is 0 Å². The maximum absolute atomic E-state index is 13.7. The number of amides is 1. The number of benzene rings is 1. The van der Waals surface area contributed by atoms with E-state index in [1.165, 1.54) is 24.5 Å². The van der Waals surface area contributed by atoms with Crippen LogP contribution in [0.2, 0.25) is 0 Å². The monoisotopic (exact) mass is 381 g/mol. The number of nitrogens with zero attached hydrogens (tertiary/aromatic N) is 2. The molecule has 1 aromatic carbocycles. The van der Waals surface area contributed by atoms with E-state index >= 15 is 0 Å². The van der Waals surface area contributed by atoms with Crippen molar-refractivity contribution in [2.45, 2.75) is 12.5 Å². The molecule has 3 rings (SSSR count). The summed E-state index contributed by atoms with van der Waals surface area (Å²) in [5.74, 6) is -2.30. The Morgan fingerprint density at radius 1 is 1.27 bits per heavy atom. The molecule has 1 fully saturated rings. The summed E-state index contributed by atoms with van der Waals surface area (Å²) in [6.45, 7) is 0. The first-order valence-corrected chi connectivity index (χ1v) is 9.72. The molecule has 26 heavy (non-hydrogen) atoms. The second kappa shape index (κ2) is 6.99. The van der Waals surface area contributed by atoms with E-state index in [2.05, 4.69) is 10.3 Å². The molecule has 9 heteroatoms. The summed E-state index contributed by atoms with van der Waals surface area (Å²) >= 11 is 0. The molecule has 138 valence electrons. The van der Waals surface area contributed by atoms with Crippen molar-refractivity contribution in [2.75, 3.05) is 28.8 Å². The Morgan fingerprint density at radius 2 is 1.96 bits per heavy atom. The quantitative estimate of drug-likeness (QED) is 0.879. The van der Waals surface area contributed by atoms with E-state index in [1.807, 2.05) is 0 Å². The highest BCUT2D eigenvalue weighted by Gasteiger charge is 2.31. The molecule has 0 saturated carbocycles. The SMILES string of the molecule is CN(c1cncc(C(=O)Nc2c(F)cccc2F)c1)C1CCS(=O)(=O)C1. The molecule has 1 amide bonds. The van der Waals surface area contributed by atoms with Crippen LogP contribution < -0.4 is 10.2 Å². The Bertz CT molecular complexity index is 930. The molecule has 2 aromatic rings. The van der Waals surface area contributed by atoms with Gasteiger partial charge in [-0.05, 0) is 24.6 Å². The van der Waals surface area contributed by atoms with Gasteiger partial charge in [0, 0.05) is 19.3 Å². The van der Waals surface area contributed by atoms with E-state index < -0.39 is 33.1 Å². The van der Waals surface area contributed by atoms with Gasteiger partial charge in [-0.2, -0.15) is 0 Å². The van der Waals surface area contributed by atoms with Crippen LogP contribution in [-0.4, -0.2) is 43.9 Å². The average molecular weight is 381 g/mol. The first kappa shape index (κ1) is 18.2. The number of rotatable bonds is 4. The fourth-order valence-electron chi connectivity index (χ4n) is 2.84. The van der Waals surface area contributed by atoms with Crippen molar-refractivity contribution >= 4 is 27.1 Å². The van der Waals surface area contributed by atoms with Gasteiger partial charge in [-0.3, -0.25) is 9.78 Å². The number of sulfone groups is 1. The third-order valence-electron chi connectivity index (χ3n) is 4.35. The zero-order chi connectivity index (χ0) is 18.9. The van der Waals surface area contributed by atoms with Crippen LogP contribution in [0.3, 0.4) is 0 Å². The average Bonchev–Trinajstić information content (AvgIpc) is 2.97. The molecule has 1 saturated heterocycles. The number of carbonyl (C=O) groups is 1. The molecular formula is C17H17F2N3O3S. The van der Waals surface area contributed by atoms with Gasteiger partial charge in [0.15, 0.2) is 9.84 Å².